The van der Waals surface area contributed by atoms with E-state index in [2.05, 4.69) is 29.6 Å². The second kappa shape index (κ2) is 6.76. The average molecular weight is 269 g/mol. The Labute approximate surface area is 115 Å². The summed E-state index contributed by atoms with van der Waals surface area (Å²) < 4.78 is 0. The normalized spacial score (nSPS) is 16.3. The number of carbonyl (C=O) groups is 1. The lowest BCUT2D eigenvalue weighted by Crippen LogP contribution is -2.45. The van der Waals surface area contributed by atoms with E-state index < -0.39 is 0 Å². The number of carbonyl (C=O) groups excluding carboxylic acids is 1. The van der Waals surface area contributed by atoms with Crippen molar-refractivity contribution in [3.63, 3.8) is 0 Å². The summed E-state index contributed by atoms with van der Waals surface area (Å²) in [7, 11) is 0. The molecule has 18 heavy (non-hydrogen) atoms. The Bertz CT molecular complexity index is 377. The fourth-order valence-corrected chi connectivity index (χ4v) is 2.45. The third-order valence-electron chi connectivity index (χ3n) is 3.69. The molecule has 2 rings (SSSR count). The molecule has 1 amide bonds. The zero-order chi connectivity index (χ0) is 12.1. The molecule has 1 saturated carbocycles. The Morgan fingerprint density at radius 3 is 2.44 bits per heavy atom. The maximum atomic E-state index is 11.5. The molecule has 0 heterocycles. The van der Waals surface area contributed by atoms with Crippen LogP contribution in [-0.4, -0.2) is 19.0 Å². The van der Waals surface area contributed by atoms with Crippen molar-refractivity contribution in [2.75, 3.05) is 13.1 Å². The van der Waals surface area contributed by atoms with Crippen LogP contribution in [0.15, 0.2) is 30.3 Å². The fraction of sp³-hybridized carbons (Fsp3) is 0.500. The van der Waals surface area contributed by atoms with E-state index in [0.29, 0.717) is 13.0 Å². The first-order valence-electron chi connectivity index (χ1n) is 6.29. The minimum atomic E-state index is 0. The van der Waals surface area contributed by atoms with Crippen LogP contribution in [0.2, 0.25) is 0 Å². The lowest BCUT2D eigenvalue weighted by molar-refractivity contribution is -0.121. The topological polar surface area (TPSA) is 55.1 Å². The molecule has 1 aliphatic rings. The number of hydrogen-bond donors (Lipinski definition) is 2. The number of halogens is 1. The number of hydrogen-bond acceptors (Lipinski definition) is 2. The molecule has 0 aromatic heterocycles. The molecule has 1 aromatic carbocycles. The molecule has 0 saturated heterocycles. The van der Waals surface area contributed by atoms with Crippen molar-refractivity contribution in [3.8, 4) is 0 Å². The molecule has 4 heteroatoms. The zero-order valence-corrected chi connectivity index (χ0v) is 11.3. The zero-order valence-electron chi connectivity index (χ0n) is 10.5. The second-order valence-corrected chi connectivity index (χ2v) is 4.82. The maximum Gasteiger partial charge on any atom is 0.221 e. The van der Waals surface area contributed by atoms with Crippen molar-refractivity contribution in [1.82, 2.24) is 5.32 Å². The van der Waals surface area contributed by atoms with E-state index in [1.807, 2.05) is 6.07 Å². The Morgan fingerprint density at radius 2 is 1.94 bits per heavy atom. The van der Waals surface area contributed by atoms with E-state index in [4.69, 9.17) is 5.73 Å². The summed E-state index contributed by atoms with van der Waals surface area (Å²) in [5.41, 5.74) is 6.88. The third kappa shape index (κ3) is 3.24. The van der Waals surface area contributed by atoms with E-state index >= 15 is 0 Å². The van der Waals surface area contributed by atoms with Gasteiger partial charge in [-0.2, -0.15) is 0 Å². The summed E-state index contributed by atoms with van der Waals surface area (Å²) in [6, 6.07) is 10.5. The highest BCUT2D eigenvalue weighted by molar-refractivity contribution is 5.85. The van der Waals surface area contributed by atoms with E-state index in [-0.39, 0.29) is 23.7 Å². The van der Waals surface area contributed by atoms with Crippen LogP contribution in [0, 0.1) is 0 Å². The Hall–Kier alpha value is -1.06. The van der Waals surface area contributed by atoms with Gasteiger partial charge in [0.1, 0.15) is 0 Å². The van der Waals surface area contributed by atoms with Crippen LogP contribution in [-0.2, 0) is 10.2 Å². The van der Waals surface area contributed by atoms with Crippen LogP contribution in [0.3, 0.4) is 0 Å². The molecular formula is C14H21ClN2O. The Morgan fingerprint density at radius 1 is 1.28 bits per heavy atom. The van der Waals surface area contributed by atoms with Gasteiger partial charge < -0.3 is 11.1 Å². The second-order valence-electron chi connectivity index (χ2n) is 4.82. The van der Waals surface area contributed by atoms with Gasteiger partial charge in [-0.25, -0.2) is 0 Å². The van der Waals surface area contributed by atoms with Crippen LogP contribution in [0.25, 0.3) is 0 Å². The lowest BCUT2D eigenvalue weighted by Gasteiger charge is -2.42. The summed E-state index contributed by atoms with van der Waals surface area (Å²) in [6.07, 6.45) is 4.01. The first-order chi connectivity index (χ1) is 8.27. The quantitative estimate of drug-likeness (QED) is 0.858. The highest BCUT2D eigenvalue weighted by atomic mass is 35.5. The fourth-order valence-electron chi connectivity index (χ4n) is 2.45. The molecule has 1 aliphatic carbocycles. The molecule has 3 N–H and O–H groups in total. The van der Waals surface area contributed by atoms with Gasteiger partial charge >= 0.3 is 0 Å². The van der Waals surface area contributed by atoms with Gasteiger partial charge in [-0.3, -0.25) is 4.79 Å². The van der Waals surface area contributed by atoms with Gasteiger partial charge in [0, 0.05) is 24.9 Å². The molecule has 1 fully saturated rings. The van der Waals surface area contributed by atoms with E-state index in [9.17, 15) is 4.79 Å². The van der Waals surface area contributed by atoms with Crippen molar-refractivity contribution in [1.29, 1.82) is 0 Å². The summed E-state index contributed by atoms with van der Waals surface area (Å²) in [6.45, 7) is 1.17. The van der Waals surface area contributed by atoms with Gasteiger partial charge in [0.25, 0.3) is 0 Å². The molecule has 0 unspecified atom stereocenters. The first-order valence-corrected chi connectivity index (χ1v) is 6.29. The molecular weight excluding hydrogens is 248 g/mol. The van der Waals surface area contributed by atoms with Crippen LogP contribution in [0.5, 0.6) is 0 Å². The van der Waals surface area contributed by atoms with Gasteiger partial charge in [0.2, 0.25) is 5.91 Å². The number of rotatable bonds is 5. The van der Waals surface area contributed by atoms with Gasteiger partial charge in [-0.1, -0.05) is 36.8 Å². The Kier molecular flexibility index (Phi) is 5.63. The predicted molar refractivity (Wildman–Crippen MR) is 75.9 cm³/mol. The van der Waals surface area contributed by atoms with Crippen LogP contribution >= 0.6 is 12.4 Å². The van der Waals surface area contributed by atoms with Crippen molar-refractivity contribution in [3.05, 3.63) is 35.9 Å². The number of nitrogens with one attached hydrogen (secondary N) is 1. The van der Waals surface area contributed by atoms with E-state index in [1.165, 1.54) is 24.8 Å². The van der Waals surface area contributed by atoms with Crippen LogP contribution < -0.4 is 11.1 Å². The van der Waals surface area contributed by atoms with Crippen molar-refractivity contribution >= 4 is 18.3 Å². The molecule has 3 nitrogen and oxygen atoms in total. The highest BCUT2D eigenvalue weighted by Gasteiger charge is 2.38. The molecule has 0 spiro atoms. The predicted octanol–water partition coefficient (Wildman–Crippen LogP) is 2.00. The number of benzene rings is 1. The smallest absolute Gasteiger partial charge is 0.221 e. The van der Waals surface area contributed by atoms with E-state index in [0.717, 1.165) is 6.54 Å². The maximum absolute atomic E-state index is 11.5. The lowest BCUT2D eigenvalue weighted by atomic mass is 9.64. The molecule has 0 atom stereocenters. The first kappa shape index (κ1) is 15.0. The minimum Gasteiger partial charge on any atom is -0.355 e. The summed E-state index contributed by atoms with van der Waals surface area (Å²) >= 11 is 0. The van der Waals surface area contributed by atoms with Crippen LogP contribution in [0.1, 0.15) is 31.2 Å². The van der Waals surface area contributed by atoms with Gasteiger partial charge in [-0.15, -0.1) is 12.4 Å². The molecule has 0 radical (unpaired) electrons. The molecule has 0 aliphatic heterocycles. The molecule has 0 bridgehead atoms. The highest BCUT2D eigenvalue weighted by Crippen LogP contribution is 2.43. The van der Waals surface area contributed by atoms with E-state index in [1.54, 1.807) is 0 Å². The minimum absolute atomic E-state index is 0. The van der Waals surface area contributed by atoms with Gasteiger partial charge in [0.05, 0.1) is 0 Å². The SMILES string of the molecule is Cl.NCCC(=O)NCC1(c2ccccc2)CCC1. The van der Waals surface area contributed by atoms with Gasteiger partial charge in [0.15, 0.2) is 0 Å². The average Bonchev–Trinajstić information content (AvgIpc) is 2.29. The standard InChI is InChI=1S/C14H20N2O.ClH/c15-10-7-13(17)16-11-14(8-4-9-14)12-5-2-1-3-6-12;/h1-3,5-6H,4,7-11,15H2,(H,16,17);1H. The number of amides is 1. The Balaban J connectivity index is 0.00000162. The van der Waals surface area contributed by atoms with Crippen molar-refractivity contribution in [2.45, 2.75) is 31.1 Å². The summed E-state index contributed by atoms with van der Waals surface area (Å²) in [5.74, 6) is 0.0645. The summed E-state index contributed by atoms with van der Waals surface area (Å²) in [4.78, 5) is 11.5. The van der Waals surface area contributed by atoms with Gasteiger partial charge in [-0.05, 0) is 18.4 Å². The molecule has 100 valence electrons. The van der Waals surface area contributed by atoms with Crippen LogP contribution in [0.4, 0.5) is 0 Å². The third-order valence-corrected chi connectivity index (χ3v) is 3.69. The molecule has 1 aromatic rings. The summed E-state index contributed by atoms with van der Waals surface area (Å²) in [5, 5.41) is 3.01. The monoisotopic (exact) mass is 268 g/mol. The number of nitrogens with two attached hydrogens (primary N) is 1. The largest absolute Gasteiger partial charge is 0.355 e. The van der Waals surface area contributed by atoms with Crippen molar-refractivity contribution in [2.24, 2.45) is 5.73 Å². The van der Waals surface area contributed by atoms with Crippen molar-refractivity contribution < 1.29 is 4.79 Å².